The molecule has 0 radical (unpaired) electrons. The number of carbonyl (C=O) groups is 1. The van der Waals surface area contributed by atoms with Gasteiger partial charge in [0.05, 0.1) is 10.9 Å². The fourth-order valence-corrected chi connectivity index (χ4v) is 3.13. The summed E-state index contributed by atoms with van der Waals surface area (Å²) in [5, 5.41) is 3.29. The number of hydrogen-bond donors (Lipinski definition) is 1. The number of ether oxygens (including phenoxy) is 1. The number of aryl methyl sites for hydroxylation is 2. The second-order valence-electron chi connectivity index (χ2n) is 6.88. The van der Waals surface area contributed by atoms with Crippen LogP contribution in [0.3, 0.4) is 0 Å². The number of anilines is 1. The van der Waals surface area contributed by atoms with E-state index in [2.05, 4.69) is 15.3 Å². The molecule has 30 heavy (non-hydrogen) atoms. The Labute approximate surface area is 172 Å². The van der Waals surface area contributed by atoms with Crippen molar-refractivity contribution in [2.24, 2.45) is 7.05 Å². The number of aromatic nitrogens is 4. The Morgan fingerprint density at radius 1 is 1.13 bits per heavy atom. The van der Waals surface area contributed by atoms with E-state index < -0.39 is 0 Å². The monoisotopic (exact) mass is 403 g/mol. The van der Waals surface area contributed by atoms with Gasteiger partial charge in [0, 0.05) is 25.1 Å². The molecule has 2 heterocycles. The first-order valence-corrected chi connectivity index (χ1v) is 9.46. The fraction of sp³-hybridized carbons (Fsp3) is 0.182. The molecule has 1 amide bonds. The van der Waals surface area contributed by atoms with Gasteiger partial charge in [-0.2, -0.15) is 0 Å². The van der Waals surface area contributed by atoms with E-state index in [1.807, 2.05) is 23.9 Å². The van der Waals surface area contributed by atoms with Gasteiger partial charge in [-0.15, -0.1) is 0 Å². The molecule has 0 spiro atoms. The predicted molar refractivity (Wildman–Crippen MR) is 113 cm³/mol. The Kier molecular flexibility index (Phi) is 5.30. The van der Waals surface area contributed by atoms with E-state index in [9.17, 15) is 9.59 Å². The lowest BCUT2D eigenvalue weighted by Crippen LogP contribution is -2.30. The first-order chi connectivity index (χ1) is 14.5. The van der Waals surface area contributed by atoms with Gasteiger partial charge < -0.3 is 14.6 Å². The zero-order chi connectivity index (χ0) is 21.1. The fourth-order valence-electron chi connectivity index (χ4n) is 3.13. The standard InChI is InChI=1S/C22H21N5O3/c1-15-24-19-6-4-3-5-18(19)22(29)27(15)13-21(28)25-16-7-9-17(10-8-16)30-14-20-23-11-12-26(20)2/h3-12H,13-14H2,1-2H3,(H,25,28). The third kappa shape index (κ3) is 4.07. The number of carbonyl (C=O) groups excluding carboxylic acids is 1. The summed E-state index contributed by atoms with van der Waals surface area (Å²) in [4.78, 5) is 33.8. The van der Waals surface area contributed by atoms with Crippen molar-refractivity contribution < 1.29 is 9.53 Å². The van der Waals surface area contributed by atoms with E-state index in [1.54, 1.807) is 55.6 Å². The summed E-state index contributed by atoms with van der Waals surface area (Å²) < 4.78 is 8.98. The van der Waals surface area contributed by atoms with Crippen LogP contribution in [0.15, 0.2) is 65.7 Å². The number of rotatable bonds is 6. The lowest BCUT2D eigenvalue weighted by Gasteiger charge is -2.12. The molecule has 0 aliphatic heterocycles. The van der Waals surface area contributed by atoms with E-state index >= 15 is 0 Å². The largest absolute Gasteiger partial charge is 0.486 e. The summed E-state index contributed by atoms with van der Waals surface area (Å²) in [5.74, 6) is 1.67. The van der Waals surface area contributed by atoms with E-state index in [4.69, 9.17) is 4.74 Å². The maximum atomic E-state index is 12.7. The minimum atomic E-state index is -0.307. The smallest absolute Gasteiger partial charge is 0.261 e. The molecule has 4 rings (SSSR count). The number of benzene rings is 2. The SMILES string of the molecule is Cc1nc2ccccc2c(=O)n1CC(=O)Nc1ccc(OCc2nccn2C)cc1. The zero-order valence-corrected chi connectivity index (χ0v) is 16.7. The first kappa shape index (κ1) is 19.4. The first-order valence-electron chi connectivity index (χ1n) is 9.46. The highest BCUT2D eigenvalue weighted by atomic mass is 16.5. The maximum absolute atomic E-state index is 12.7. The van der Waals surface area contributed by atoms with Gasteiger partial charge >= 0.3 is 0 Å². The van der Waals surface area contributed by atoms with Gasteiger partial charge in [0.2, 0.25) is 5.91 Å². The molecule has 1 N–H and O–H groups in total. The highest BCUT2D eigenvalue weighted by Crippen LogP contribution is 2.17. The van der Waals surface area contributed by atoms with Crippen molar-refractivity contribution in [3.8, 4) is 5.75 Å². The Morgan fingerprint density at radius 3 is 2.63 bits per heavy atom. The van der Waals surface area contributed by atoms with Gasteiger partial charge in [0.1, 0.15) is 30.5 Å². The number of fused-ring (bicyclic) bond motifs is 1. The third-order valence-electron chi connectivity index (χ3n) is 4.78. The van der Waals surface area contributed by atoms with Crippen LogP contribution in [0.2, 0.25) is 0 Å². The Hall–Kier alpha value is -3.94. The Bertz CT molecular complexity index is 1260. The number of amides is 1. The average Bonchev–Trinajstić information content (AvgIpc) is 3.15. The van der Waals surface area contributed by atoms with Crippen LogP contribution in [-0.4, -0.2) is 25.0 Å². The molecule has 152 valence electrons. The molecule has 2 aromatic heterocycles. The van der Waals surface area contributed by atoms with Crippen molar-refractivity contribution in [3.63, 3.8) is 0 Å². The third-order valence-corrected chi connectivity index (χ3v) is 4.78. The van der Waals surface area contributed by atoms with Crippen LogP contribution in [0.25, 0.3) is 10.9 Å². The molecule has 0 aliphatic rings. The summed E-state index contributed by atoms with van der Waals surface area (Å²) in [6.07, 6.45) is 3.57. The molecular formula is C22H21N5O3. The molecular weight excluding hydrogens is 382 g/mol. The Balaban J connectivity index is 1.41. The van der Waals surface area contributed by atoms with Gasteiger partial charge in [-0.25, -0.2) is 9.97 Å². The number of hydrogen-bond acceptors (Lipinski definition) is 5. The predicted octanol–water partition coefficient (Wildman–Crippen LogP) is 2.66. The molecule has 0 bridgehead atoms. The van der Waals surface area contributed by atoms with Crippen LogP contribution in [0.4, 0.5) is 5.69 Å². The van der Waals surface area contributed by atoms with E-state index in [-0.39, 0.29) is 18.0 Å². The maximum Gasteiger partial charge on any atom is 0.261 e. The van der Waals surface area contributed by atoms with E-state index in [0.29, 0.717) is 34.8 Å². The molecule has 0 atom stereocenters. The zero-order valence-electron chi connectivity index (χ0n) is 16.7. The molecule has 0 aliphatic carbocycles. The van der Waals surface area contributed by atoms with Crippen molar-refractivity contribution in [1.82, 2.24) is 19.1 Å². The van der Waals surface area contributed by atoms with E-state index in [0.717, 1.165) is 5.82 Å². The summed E-state index contributed by atoms with van der Waals surface area (Å²) in [7, 11) is 1.91. The van der Waals surface area contributed by atoms with Crippen LogP contribution in [0.5, 0.6) is 5.75 Å². The van der Waals surface area contributed by atoms with Gasteiger partial charge in [0.25, 0.3) is 5.56 Å². The van der Waals surface area contributed by atoms with Gasteiger partial charge in [-0.3, -0.25) is 14.2 Å². The number of nitrogens with one attached hydrogen (secondary N) is 1. The van der Waals surface area contributed by atoms with E-state index in [1.165, 1.54) is 4.57 Å². The topological polar surface area (TPSA) is 91.0 Å². The second-order valence-corrected chi connectivity index (χ2v) is 6.88. The number of para-hydroxylation sites is 1. The molecule has 8 heteroatoms. The molecule has 0 saturated heterocycles. The van der Waals surface area contributed by atoms with Crippen molar-refractivity contribution >= 4 is 22.5 Å². The minimum absolute atomic E-state index is 0.111. The van der Waals surface area contributed by atoms with Crippen molar-refractivity contribution in [2.75, 3.05) is 5.32 Å². The summed E-state index contributed by atoms with van der Waals surface area (Å²) in [6.45, 7) is 1.96. The van der Waals surface area contributed by atoms with Crippen LogP contribution in [0, 0.1) is 6.92 Å². The summed E-state index contributed by atoms with van der Waals surface area (Å²) >= 11 is 0. The highest BCUT2D eigenvalue weighted by molar-refractivity contribution is 5.90. The van der Waals surface area contributed by atoms with Crippen molar-refractivity contribution in [3.05, 3.63) is 82.9 Å². The van der Waals surface area contributed by atoms with Crippen LogP contribution in [0.1, 0.15) is 11.6 Å². The molecule has 0 fully saturated rings. The number of nitrogens with zero attached hydrogens (tertiary/aromatic N) is 4. The van der Waals surface area contributed by atoms with Crippen LogP contribution < -0.4 is 15.6 Å². The summed E-state index contributed by atoms with van der Waals surface area (Å²) in [5.41, 5.74) is 1.01. The molecule has 2 aromatic carbocycles. The quantitative estimate of drug-likeness (QED) is 0.534. The molecule has 4 aromatic rings. The lowest BCUT2D eigenvalue weighted by molar-refractivity contribution is -0.116. The Morgan fingerprint density at radius 2 is 1.90 bits per heavy atom. The van der Waals surface area contributed by atoms with Crippen LogP contribution in [-0.2, 0) is 25.0 Å². The number of imidazole rings is 1. The van der Waals surface area contributed by atoms with Gasteiger partial charge in [0.15, 0.2) is 0 Å². The molecule has 8 nitrogen and oxygen atoms in total. The summed E-state index contributed by atoms with van der Waals surface area (Å²) in [6, 6.07) is 14.1. The molecule has 0 saturated carbocycles. The van der Waals surface area contributed by atoms with Gasteiger partial charge in [-0.1, -0.05) is 12.1 Å². The minimum Gasteiger partial charge on any atom is -0.486 e. The lowest BCUT2D eigenvalue weighted by atomic mass is 10.2. The second kappa shape index (κ2) is 8.20. The normalized spacial score (nSPS) is 10.9. The van der Waals surface area contributed by atoms with Crippen molar-refractivity contribution in [1.29, 1.82) is 0 Å². The average molecular weight is 403 g/mol. The van der Waals surface area contributed by atoms with Crippen LogP contribution >= 0.6 is 0 Å². The molecule has 0 unspecified atom stereocenters. The van der Waals surface area contributed by atoms with Gasteiger partial charge in [-0.05, 0) is 43.3 Å². The van der Waals surface area contributed by atoms with Crippen molar-refractivity contribution in [2.45, 2.75) is 20.1 Å². The highest BCUT2D eigenvalue weighted by Gasteiger charge is 2.11.